The summed E-state index contributed by atoms with van der Waals surface area (Å²) in [4.78, 5) is 4.81. The number of rotatable bonds is 3. The fraction of sp³-hybridized carbons (Fsp3) is 1.00. The Labute approximate surface area is 81.9 Å². The molecule has 0 bridgehead atoms. The number of piperidine rings is 1. The third kappa shape index (κ3) is 3.63. The Hall–Kier alpha value is -0.120. The molecule has 0 radical (unpaired) electrons. The molecule has 0 aromatic heterocycles. The van der Waals surface area contributed by atoms with Gasteiger partial charge in [0.25, 0.3) is 0 Å². The van der Waals surface area contributed by atoms with Gasteiger partial charge in [-0.2, -0.15) is 0 Å². The molecule has 0 saturated carbocycles. The van der Waals surface area contributed by atoms with E-state index in [2.05, 4.69) is 30.8 Å². The summed E-state index contributed by atoms with van der Waals surface area (Å²) >= 11 is 0. The lowest BCUT2D eigenvalue weighted by Gasteiger charge is -2.36. The van der Waals surface area contributed by atoms with Gasteiger partial charge >= 0.3 is 0 Å². The van der Waals surface area contributed by atoms with E-state index in [4.69, 9.17) is 5.73 Å². The van der Waals surface area contributed by atoms with Crippen molar-refractivity contribution in [2.24, 2.45) is 5.73 Å². The van der Waals surface area contributed by atoms with Gasteiger partial charge in [0.15, 0.2) is 0 Å². The molecule has 3 nitrogen and oxygen atoms in total. The largest absolute Gasteiger partial charge is 0.327 e. The maximum atomic E-state index is 5.79. The van der Waals surface area contributed by atoms with Crippen LogP contribution in [0.4, 0.5) is 0 Å². The van der Waals surface area contributed by atoms with Crippen LogP contribution in [0.3, 0.4) is 0 Å². The number of likely N-dealkylation sites (N-methyl/N-ethyl adjacent to an activating group) is 1. The zero-order valence-corrected chi connectivity index (χ0v) is 9.16. The molecule has 0 aliphatic carbocycles. The second-order valence-corrected chi connectivity index (χ2v) is 4.50. The van der Waals surface area contributed by atoms with Gasteiger partial charge in [-0.05, 0) is 40.4 Å². The van der Waals surface area contributed by atoms with Crippen molar-refractivity contribution in [1.82, 2.24) is 9.80 Å². The molecular formula is C10H23N3. The number of likely N-dealkylation sites (tertiary alicyclic amines) is 1. The van der Waals surface area contributed by atoms with Crippen molar-refractivity contribution in [3.8, 4) is 0 Å². The predicted molar refractivity (Wildman–Crippen MR) is 56.8 cm³/mol. The summed E-state index contributed by atoms with van der Waals surface area (Å²) < 4.78 is 0. The smallest absolute Gasteiger partial charge is 0.0217 e. The summed E-state index contributed by atoms with van der Waals surface area (Å²) in [7, 11) is 4.33. The van der Waals surface area contributed by atoms with Crippen LogP contribution < -0.4 is 5.73 Å². The summed E-state index contributed by atoms with van der Waals surface area (Å²) in [6, 6.07) is 1.04. The zero-order valence-electron chi connectivity index (χ0n) is 9.16. The minimum Gasteiger partial charge on any atom is -0.327 e. The Kier molecular flexibility index (Phi) is 4.16. The van der Waals surface area contributed by atoms with Crippen molar-refractivity contribution < 1.29 is 0 Å². The van der Waals surface area contributed by atoms with E-state index in [1.54, 1.807) is 0 Å². The van der Waals surface area contributed by atoms with E-state index in [1.165, 1.54) is 25.9 Å². The van der Waals surface area contributed by atoms with Gasteiger partial charge in [-0.3, -0.25) is 0 Å². The highest BCUT2D eigenvalue weighted by atomic mass is 15.2. The van der Waals surface area contributed by atoms with E-state index in [9.17, 15) is 0 Å². The molecule has 1 saturated heterocycles. The predicted octanol–water partition coefficient (Wildman–Crippen LogP) is 0.360. The maximum Gasteiger partial charge on any atom is 0.0217 e. The number of hydrogen-bond acceptors (Lipinski definition) is 3. The average molecular weight is 185 g/mol. The van der Waals surface area contributed by atoms with E-state index in [0.29, 0.717) is 6.04 Å². The van der Waals surface area contributed by atoms with Gasteiger partial charge in [-0.1, -0.05) is 0 Å². The summed E-state index contributed by atoms with van der Waals surface area (Å²) in [5, 5.41) is 0. The summed E-state index contributed by atoms with van der Waals surface area (Å²) in [5.74, 6) is 0. The van der Waals surface area contributed by atoms with E-state index < -0.39 is 0 Å². The molecule has 1 unspecified atom stereocenters. The maximum absolute atomic E-state index is 5.79. The van der Waals surface area contributed by atoms with E-state index in [-0.39, 0.29) is 0 Å². The molecule has 13 heavy (non-hydrogen) atoms. The van der Waals surface area contributed by atoms with E-state index >= 15 is 0 Å². The highest BCUT2D eigenvalue weighted by molar-refractivity contribution is 4.79. The van der Waals surface area contributed by atoms with Crippen LogP contribution in [0.1, 0.15) is 19.8 Å². The standard InChI is InChI=1S/C10H23N3/c1-9(11)7-13-6-4-5-10(8-13)12(2)3/h9-10H,4-8,11H2,1-3H3/t9-,10?/m0/s1. The fourth-order valence-corrected chi connectivity index (χ4v) is 2.03. The highest BCUT2D eigenvalue weighted by Gasteiger charge is 2.21. The molecule has 1 heterocycles. The van der Waals surface area contributed by atoms with Gasteiger partial charge in [-0.25, -0.2) is 0 Å². The summed E-state index contributed by atoms with van der Waals surface area (Å²) in [6.45, 7) is 5.55. The fourth-order valence-electron chi connectivity index (χ4n) is 2.03. The van der Waals surface area contributed by atoms with Crippen LogP contribution in [-0.2, 0) is 0 Å². The second kappa shape index (κ2) is 4.94. The zero-order chi connectivity index (χ0) is 9.84. The lowest BCUT2D eigenvalue weighted by molar-refractivity contribution is 0.129. The van der Waals surface area contributed by atoms with Crippen LogP contribution >= 0.6 is 0 Å². The molecule has 78 valence electrons. The molecule has 2 atom stereocenters. The molecule has 0 amide bonds. The van der Waals surface area contributed by atoms with Crippen LogP contribution in [0.2, 0.25) is 0 Å². The van der Waals surface area contributed by atoms with Crippen molar-refractivity contribution >= 4 is 0 Å². The topological polar surface area (TPSA) is 32.5 Å². The minimum absolute atomic E-state index is 0.306. The first-order valence-corrected chi connectivity index (χ1v) is 5.24. The van der Waals surface area contributed by atoms with Crippen LogP contribution in [0, 0.1) is 0 Å². The number of hydrogen-bond donors (Lipinski definition) is 1. The molecular weight excluding hydrogens is 162 g/mol. The van der Waals surface area contributed by atoms with E-state index in [1.807, 2.05) is 0 Å². The van der Waals surface area contributed by atoms with E-state index in [0.717, 1.165) is 12.6 Å². The summed E-state index contributed by atoms with van der Waals surface area (Å²) in [6.07, 6.45) is 2.65. The lowest BCUT2D eigenvalue weighted by Crippen LogP contribution is -2.48. The SMILES string of the molecule is C[C@H](N)CN1CCCC(N(C)C)C1. The van der Waals surface area contributed by atoms with Crippen molar-refractivity contribution in [3.05, 3.63) is 0 Å². The van der Waals surface area contributed by atoms with Crippen LogP contribution in [0.25, 0.3) is 0 Å². The van der Waals surface area contributed by atoms with Gasteiger partial charge in [0.1, 0.15) is 0 Å². The molecule has 0 spiro atoms. The monoisotopic (exact) mass is 185 g/mol. The Balaban J connectivity index is 2.33. The van der Waals surface area contributed by atoms with Crippen molar-refractivity contribution in [2.45, 2.75) is 31.8 Å². The molecule has 0 aromatic rings. The minimum atomic E-state index is 0.306. The van der Waals surface area contributed by atoms with Gasteiger partial charge in [0, 0.05) is 25.2 Å². The second-order valence-electron chi connectivity index (χ2n) is 4.50. The molecule has 3 heteroatoms. The Morgan fingerprint density at radius 1 is 1.54 bits per heavy atom. The van der Waals surface area contributed by atoms with Gasteiger partial charge in [-0.15, -0.1) is 0 Å². The molecule has 1 fully saturated rings. The normalized spacial score (nSPS) is 27.9. The molecule has 1 aliphatic heterocycles. The first-order chi connectivity index (χ1) is 6.09. The van der Waals surface area contributed by atoms with Crippen LogP contribution in [0.15, 0.2) is 0 Å². The Morgan fingerprint density at radius 3 is 2.77 bits per heavy atom. The van der Waals surface area contributed by atoms with Crippen molar-refractivity contribution in [2.75, 3.05) is 33.7 Å². The van der Waals surface area contributed by atoms with Gasteiger partial charge in [0.2, 0.25) is 0 Å². The van der Waals surface area contributed by atoms with Gasteiger partial charge < -0.3 is 15.5 Å². The average Bonchev–Trinajstić information content (AvgIpc) is 2.03. The first-order valence-electron chi connectivity index (χ1n) is 5.24. The molecule has 1 rings (SSSR count). The van der Waals surface area contributed by atoms with Crippen molar-refractivity contribution in [3.63, 3.8) is 0 Å². The first kappa shape index (κ1) is 11.0. The number of nitrogens with two attached hydrogens (primary N) is 1. The van der Waals surface area contributed by atoms with Crippen LogP contribution in [-0.4, -0.2) is 55.6 Å². The molecule has 2 N–H and O–H groups in total. The Morgan fingerprint density at radius 2 is 2.23 bits per heavy atom. The quantitative estimate of drug-likeness (QED) is 0.689. The third-order valence-corrected chi connectivity index (χ3v) is 2.76. The van der Waals surface area contributed by atoms with Gasteiger partial charge in [0.05, 0.1) is 0 Å². The number of nitrogens with zero attached hydrogens (tertiary/aromatic N) is 2. The lowest BCUT2D eigenvalue weighted by atomic mass is 10.0. The Bertz CT molecular complexity index is 145. The molecule has 0 aromatic carbocycles. The third-order valence-electron chi connectivity index (χ3n) is 2.76. The van der Waals surface area contributed by atoms with Crippen molar-refractivity contribution in [1.29, 1.82) is 0 Å². The molecule has 1 aliphatic rings. The van der Waals surface area contributed by atoms with Crippen LogP contribution in [0.5, 0.6) is 0 Å². The highest BCUT2D eigenvalue weighted by Crippen LogP contribution is 2.13. The summed E-state index contributed by atoms with van der Waals surface area (Å²) in [5.41, 5.74) is 5.79.